The fourth-order valence-electron chi connectivity index (χ4n) is 4.99. The molecule has 8 heteroatoms. The normalized spacial score (nSPS) is 16.7. The van der Waals surface area contributed by atoms with Gasteiger partial charge in [0, 0.05) is 6.61 Å². The van der Waals surface area contributed by atoms with E-state index in [-0.39, 0.29) is 24.7 Å². The van der Waals surface area contributed by atoms with Crippen molar-refractivity contribution in [1.82, 2.24) is 0 Å². The lowest BCUT2D eigenvalue weighted by Crippen LogP contribution is -2.33. The first-order chi connectivity index (χ1) is 20.0. The SMILES string of the molecule is CCCCCCCCCCCCCCCCOCC(O)COC1=C(OCCCCCCCC)C(=O)O[C@@H]1[C@@H](O)CO. The van der Waals surface area contributed by atoms with Gasteiger partial charge in [-0.1, -0.05) is 129 Å². The number of hydrogen-bond acceptors (Lipinski definition) is 8. The fourth-order valence-corrected chi connectivity index (χ4v) is 4.99. The molecule has 0 saturated carbocycles. The van der Waals surface area contributed by atoms with Crippen LogP contribution in [-0.4, -0.2) is 72.6 Å². The molecule has 0 amide bonds. The molecule has 1 rings (SSSR count). The van der Waals surface area contributed by atoms with E-state index in [1.54, 1.807) is 0 Å². The molecule has 1 aliphatic rings. The van der Waals surface area contributed by atoms with Crippen molar-refractivity contribution >= 4 is 5.97 Å². The zero-order valence-corrected chi connectivity index (χ0v) is 26.3. The van der Waals surface area contributed by atoms with Gasteiger partial charge in [0.15, 0.2) is 11.9 Å². The number of unbranched alkanes of at least 4 members (excludes halogenated alkanes) is 18. The second-order valence-electron chi connectivity index (χ2n) is 11.5. The first-order valence-corrected chi connectivity index (χ1v) is 16.8. The lowest BCUT2D eigenvalue weighted by molar-refractivity contribution is -0.149. The summed E-state index contributed by atoms with van der Waals surface area (Å²) in [6, 6.07) is 0. The number of ether oxygens (including phenoxy) is 4. The maximum atomic E-state index is 12.3. The molecule has 8 nitrogen and oxygen atoms in total. The minimum atomic E-state index is -1.34. The monoisotopic (exact) mass is 586 g/mol. The van der Waals surface area contributed by atoms with Gasteiger partial charge in [-0.15, -0.1) is 0 Å². The van der Waals surface area contributed by atoms with Crippen LogP contribution in [0, 0.1) is 0 Å². The number of carbonyl (C=O) groups is 1. The predicted molar refractivity (Wildman–Crippen MR) is 162 cm³/mol. The number of hydrogen-bond donors (Lipinski definition) is 3. The van der Waals surface area contributed by atoms with Crippen LogP contribution in [0.5, 0.6) is 0 Å². The standard InChI is InChI=1S/C33H62O8/c1-3-5-7-9-11-12-13-14-15-16-17-18-19-21-23-38-26-28(35)27-40-31-30(29(36)25-34)41-33(37)32(31)39-24-22-20-10-8-6-4-2/h28-30,34-36H,3-27H2,1-2H3/t28?,29-,30+/m0/s1. The molecule has 0 spiro atoms. The van der Waals surface area contributed by atoms with E-state index in [0.29, 0.717) is 13.2 Å². The molecular weight excluding hydrogens is 524 g/mol. The molecule has 0 aromatic heterocycles. The third-order valence-electron chi connectivity index (χ3n) is 7.57. The lowest BCUT2D eigenvalue weighted by atomic mass is 10.0. The lowest BCUT2D eigenvalue weighted by Gasteiger charge is -2.20. The topological polar surface area (TPSA) is 115 Å². The van der Waals surface area contributed by atoms with Gasteiger partial charge in [-0.2, -0.15) is 0 Å². The van der Waals surface area contributed by atoms with E-state index in [0.717, 1.165) is 32.1 Å². The average Bonchev–Trinajstić information content (AvgIpc) is 3.29. The second kappa shape index (κ2) is 26.3. The molecule has 242 valence electrons. The summed E-state index contributed by atoms with van der Waals surface area (Å²) >= 11 is 0. The van der Waals surface area contributed by atoms with E-state index in [1.807, 2.05) is 0 Å². The molecule has 0 aliphatic carbocycles. The van der Waals surface area contributed by atoms with Crippen molar-refractivity contribution in [3.63, 3.8) is 0 Å². The van der Waals surface area contributed by atoms with Crippen LogP contribution in [0.4, 0.5) is 0 Å². The van der Waals surface area contributed by atoms with Crippen LogP contribution in [0.25, 0.3) is 0 Å². The van der Waals surface area contributed by atoms with E-state index < -0.39 is 30.9 Å². The van der Waals surface area contributed by atoms with Crippen molar-refractivity contribution in [3.8, 4) is 0 Å². The summed E-state index contributed by atoms with van der Waals surface area (Å²) in [7, 11) is 0. The molecule has 0 saturated heterocycles. The van der Waals surface area contributed by atoms with Crippen molar-refractivity contribution in [1.29, 1.82) is 0 Å². The average molecular weight is 587 g/mol. The Hall–Kier alpha value is -1.35. The minimum Gasteiger partial charge on any atom is -0.487 e. The Morgan fingerprint density at radius 3 is 1.61 bits per heavy atom. The van der Waals surface area contributed by atoms with Gasteiger partial charge in [0.1, 0.15) is 18.8 Å². The zero-order valence-electron chi connectivity index (χ0n) is 26.3. The molecule has 1 unspecified atom stereocenters. The highest BCUT2D eigenvalue weighted by molar-refractivity contribution is 5.89. The summed E-state index contributed by atoms with van der Waals surface area (Å²) in [6.45, 7) is 4.72. The van der Waals surface area contributed by atoms with Gasteiger partial charge in [0.25, 0.3) is 0 Å². The Morgan fingerprint density at radius 2 is 1.12 bits per heavy atom. The minimum absolute atomic E-state index is 0.0218. The van der Waals surface area contributed by atoms with Crippen LogP contribution in [0.1, 0.15) is 142 Å². The van der Waals surface area contributed by atoms with E-state index in [1.165, 1.54) is 96.3 Å². The predicted octanol–water partition coefficient (Wildman–Crippen LogP) is 6.73. The molecule has 0 fully saturated rings. The molecule has 1 aliphatic heterocycles. The molecule has 0 bridgehead atoms. The number of rotatable bonds is 30. The van der Waals surface area contributed by atoms with Crippen LogP contribution in [0.3, 0.4) is 0 Å². The van der Waals surface area contributed by atoms with E-state index in [4.69, 9.17) is 18.9 Å². The maximum Gasteiger partial charge on any atom is 0.378 e. The van der Waals surface area contributed by atoms with Gasteiger partial charge in [0.05, 0.1) is 19.8 Å². The fraction of sp³-hybridized carbons (Fsp3) is 0.909. The van der Waals surface area contributed by atoms with Crippen molar-refractivity contribution in [2.24, 2.45) is 0 Å². The summed E-state index contributed by atoms with van der Waals surface area (Å²) in [4.78, 5) is 12.3. The Balaban J connectivity index is 2.17. The number of cyclic esters (lactones) is 1. The van der Waals surface area contributed by atoms with Crippen LogP contribution in [0.2, 0.25) is 0 Å². The van der Waals surface area contributed by atoms with Crippen molar-refractivity contribution in [3.05, 3.63) is 11.5 Å². The second-order valence-corrected chi connectivity index (χ2v) is 11.5. The quantitative estimate of drug-likeness (QED) is 0.0627. The maximum absolute atomic E-state index is 12.3. The van der Waals surface area contributed by atoms with Crippen LogP contribution >= 0.6 is 0 Å². The van der Waals surface area contributed by atoms with Gasteiger partial charge in [-0.05, 0) is 12.8 Å². The number of aliphatic hydroxyl groups excluding tert-OH is 3. The number of carbonyl (C=O) groups excluding carboxylic acids is 1. The Bertz CT molecular complexity index is 653. The van der Waals surface area contributed by atoms with Gasteiger partial charge in [0.2, 0.25) is 5.76 Å². The first-order valence-electron chi connectivity index (χ1n) is 16.8. The molecule has 1 heterocycles. The van der Waals surface area contributed by atoms with Gasteiger partial charge in [-0.25, -0.2) is 4.79 Å². The first kappa shape index (κ1) is 37.7. The van der Waals surface area contributed by atoms with Gasteiger partial charge >= 0.3 is 5.97 Å². The molecule has 0 radical (unpaired) electrons. The summed E-state index contributed by atoms with van der Waals surface area (Å²) in [5.74, 6) is -0.799. The Kier molecular flexibility index (Phi) is 24.2. The summed E-state index contributed by atoms with van der Waals surface area (Å²) in [5.41, 5.74) is 0. The van der Waals surface area contributed by atoms with E-state index in [9.17, 15) is 20.1 Å². The Morgan fingerprint density at radius 1 is 0.659 bits per heavy atom. The molecule has 0 aromatic rings. The largest absolute Gasteiger partial charge is 0.487 e. The molecule has 3 atom stereocenters. The Labute approximate surface area is 250 Å². The zero-order chi connectivity index (χ0) is 30.0. The summed E-state index contributed by atoms with van der Waals surface area (Å²) < 4.78 is 22.1. The smallest absolute Gasteiger partial charge is 0.378 e. The molecule has 41 heavy (non-hydrogen) atoms. The highest BCUT2D eigenvalue weighted by Gasteiger charge is 2.42. The van der Waals surface area contributed by atoms with E-state index in [2.05, 4.69) is 13.8 Å². The van der Waals surface area contributed by atoms with Crippen molar-refractivity contribution in [2.75, 3.05) is 33.0 Å². The van der Waals surface area contributed by atoms with E-state index >= 15 is 0 Å². The van der Waals surface area contributed by atoms with Crippen LogP contribution < -0.4 is 0 Å². The number of aliphatic hydroxyl groups is 3. The summed E-state index contributed by atoms with van der Waals surface area (Å²) in [5, 5.41) is 29.8. The van der Waals surface area contributed by atoms with Crippen molar-refractivity contribution < 1.29 is 39.1 Å². The van der Waals surface area contributed by atoms with Crippen LogP contribution in [0.15, 0.2) is 11.5 Å². The van der Waals surface area contributed by atoms with Crippen molar-refractivity contribution in [2.45, 2.75) is 161 Å². The van der Waals surface area contributed by atoms with Gasteiger partial charge in [-0.3, -0.25) is 0 Å². The molecule has 0 aromatic carbocycles. The van der Waals surface area contributed by atoms with Crippen LogP contribution in [-0.2, 0) is 23.7 Å². The third-order valence-corrected chi connectivity index (χ3v) is 7.57. The highest BCUT2D eigenvalue weighted by atomic mass is 16.6. The third kappa shape index (κ3) is 18.7. The number of esters is 1. The van der Waals surface area contributed by atoms with Gasteiger partial charge < -0.3 is 34.3 Å². The summed E-state index contributed by atoms with van der Waals surface area (Å²) in [6.07, 6.45) is 21.3. The molecular formula is C33H62O8. The highest BCUT2D eigenvalue weighted by Crippen LogP contribution is 2.28. The molecule has 3 N–H and O–H groups in total.